The Labute approximate surface area is 160 Å². The molecule has 1 fully saturated rings. The molecule has 1 aromatic carbocycles. The average Bonchev–Trinajstić information content (AvgIpc) is 2.54. The molecule has 1 aliphatic carbocycles. The van der Waals surface area contributed by atoms with E-state index in [4.69, 9.17) is 10.5 Å². The van der Waals surface area contributed by atoms with Crippen LogP contribution in [0.2, 0.25) is 0 Å². The van der Waals surface area contributed by atoms with Crippen molar-refractivity contribution in [3.8, 4) is 0 Å². The number of nitrogens with zero attached hydrogens (tertiary/aromatic N) is 1. The second kappa shape index (κ2) is 7.90. The van der Waals surface area contributed by atoms with E-state index in [9.17, 15) is 14.9 Å². The van der Waals surface area contributed by atoms with E-state index in [0.717, 1.165) is 0 Å². The quantitative estimate of drug-likeness (QED) is 0.578. The van der Waals surface area contributed by atoms with Crippen molar-refractivity contribution in [2.75, 3.05) is 6.61 Å². The molecule has 0 heterocycles. The number of nitro benzene ring substituents is 1. The van der Waals surface area contributed by atoms with Gasteiger partial charge in [-0.1, -0.05) is 26.0 Å². The molecule has 0 aliphatic heterocycles. The van der Waals surface area contributed by atoms with Gasteiger partial charge in [0.05, 0.1) is 17.1 Å². The van der Waals surface area contributed by atoms with Crippen LogP contribution in [-0.4, -0.2) is 29.1 Å². The fourth-order valence-corrected chi connectivity index (χ4v) is 3.32. The molecule has 0 saturated heterocycles. The van der Waals surface area contributed by atoms with E-state index in [2.05, 4.69) is 5.32 Å². The molecule has 3 atom stereocenters. The standard InChI is InChI=1S/C18H27N3O4.ClH/c1-6-25-15-10-18(19,17(15,4)5)16(22)20-12(3)13-8-7-11(2)14(9-13)21(23)24;/h7-9,12,15H,6,10,19H2,1-5H3,(H,20,22);1H. The number of carbonyl (C=O) groups excluding carboxylic acids is 1. The fourth-order valence-electron chi connectivity index (χ4n) is 3.32. The molecule has 1 aromatic rings. The van der Waals surface area contributed by atoms with E-state index in [1.165, 1.54) is 6.07 Å². The number of aryl methyl sites for hydroxylation is 1. The maximum atomic E-state index is 12.8. The average molecular weight is 386 g/mol. The van der Waals surface area contributed by atoms with E-state index in [0.29, 0.717) is 24.2 Å². The number of amides is 1. The lowest BCUT2D eigenvalue weighted by Gasteiger charge is -2.57. The SMILES string of the molecule is CCOC1CC(N)(C(=O)NC(C)c2ccc(C)c([N+](=O)[O-])c2)C1(C)C.Cl. The van der Waals surface area contributed by atoms with Gasteiger partial charge in [0.15, 0.2) is 0 Å². The number of nitrogens with two attached hydrogens (primary N) is 1. The molecule has 1 amide bonds. The molecule has 8 heteroatoms. The zero-order valence-corrected chi connectivity index (χ0v) is 16.7. The summed E-state index contributed by atoms with van der Waals surface area (Å²) in [5.41, 5.74) is 6.18. The summed E-state index contributed by atoms with van der Waals surface area (Å²) in [6.07, 6.45) is 0.407. The van der Waals surface area contributed by atoms with Gasteiger partial charge in [-0.15, -0.1) is 12.4 Å². The number of benzene rings is 1. The molecule has 3 unspecified atom stereocenters. The van der Waals surface area contributed by atoms with Gasteiger partial charge in [0.2, 0.25) is 5.91 Å². The van der Waals surface area contributed by atoms with Crippen LogP contribution in [0.1, 0.15) is 51.3 Å². The van der Waals surface area contributed by atoms with Crippen molar-refractivity contribution in [2.24, 2.45) is 11.1 Å². The minimum atomic E-state index is -1.02. The number of halogens is 1. The highest BCUT2D eigenvalue weighted by molar-refractivity contribution is 5.89. The van der Waals surface area contributed by atoms with Gasteiger partial charge in [0.25, 0.3) is 5.69 Å². The summed E-state index contributed by atoms with van der Waals surface area (Å²) in [6.45, 7) is 9.83. The number of nitro groups is 1. The third kappa shape index (κ3) is 3.70. The Kier molecular flexibility index (Phi) is 6.79. The molecule has 2 rings (SSSR count). The van der Waals surface area contributed by atoms with Crippen LogP contribution in [0.3, 0.4) is 0 Å². The molecule has 1 saturated carbocycles. The summed E-state index contributed by atoms with van der Waals surface area (Å²) in [7, 11) is 0. The molecule has 0 radical (unpaired) electrons. The van der Waals surface area contributed by atoms with E-state index in [1.54, 1.807) is 26.0 Å². The lowest BCUT2D eigenvalue weighted by molar-refractivity contribution is -0.385. The molecule has 0 bridgehead atoms. The van der Waals surface area contributed by atoms with Crippen LogP contribution in [-0.2, 0) is 9.53 Å². The van der Waals surface area contributed by atoms with Crippen molar-refractivity contribution in [1.82, 2.24) is 5.32 Å². The second-order valence-corrected chi connectivity index (χ2v) is 7.34. The Bertz CT molecular complexity index is 695. The highest BCUT2D eigenvalue weighted by atomic mass is 35.5. The molecular formula is C18H28ClN3O4. The van der Waals surface area contributed by atoms with E-state index >= 15 is 0 Å². The van der Waals surface area contributed by atoms with Gasteiger partial charge in [0.1, 0.15) is 5.54 Å². The Hall–Kier alpha value is -1.70. The van der Waals surface area contributed by atoms with Crippen LogP contribution in [0.4, 0.5) is 5.69 Å². The van der Waals surface area contributed by atoms with Crippen LogP contribution in [0, 0.1) is 22.5 Å². The van der Waals surface area contributed by atoms with Gasteiger partial charge in [-0.3, -0.25) is 14.9 Å². The number of ether oxygens (including phenoxy) is 1. The summed E-state index contributed by atoms with van der Waals surface area (Å²) >= 11 is 0. The minimum absolute atomic E-state index is 0. The molecule has 0 aromatic heterocycles. The van der Waals surface area contributed by atoms with Crippen molar-refractivity contribution in [2.45, 2.75) is 58.7 Å². The van der Waals surface area contributed by atoms with Crippen LogP contribution < -0.4 is 11.1 Å². The van der Waals surface area contributed by atoms with Gasteiger partial charge in [0, 0.05) is 30.1 Å². The Morgan fingerprint density at radius 3 is 2.62 bits per heavy atom. The first kappa shape index (κ1) is 22.3. The number of nitrogens with one attached hydrogen (secondary N) is 1. The van der Waals surface area contributed by atoms with Crippen LogP contribution >= 0.6 is 12.4 Å². The Morgan fingerprint density at radius 1 is 1.50 bits per heavy atom. The molecule has 7 nitrogen and oxygen atoms in total. The summed E-state index contributed by atoms with van der Waals surface area (Å²) in [4.78, 5) is 23.4. The smallest absolute Gasteiger partial charge is 0.272 e. The highest BCUT2D eigenvalue weighted by Gasteiger charge is 2.62. The maximum absolute atomic E-state index is 12.8. The first-order valence-corrected chi connectivity index (χ1v) is 8.51. The van der Waals surface area contributed by atoms with Gasteiger partial charge in [-0.2, -0.15) is 0 Å². The third-order valence-corrected chi connectivity index (χ3v) is 5.51. The first-order chi connectivity index (χ1) is 11.5. The Balaban J connectivity index is 0.00000338. The molecule has 1 aliphatic rings. The van der Waals surface area contributed by atoms with Crippen LogP contribution in [0.5, 0.6) is 0 Å². The normalized spacial score (nSPS) is 24.8. The highest BCUT2D eigenvalue weighted by Crippen LogP contribution is 2.50. The predicted octanol–water partition coefficient (Wildman–Crippen LogP) is 3.03. The monoisotopic (exact) mass is 385 g/mol. The summed E-state index contributed by atoms with van der Waals surface area (Å²) in [5.74, 6) is -0.260. The summed E-state index contributed by atoms with van der Waals surface area (Å²) in [5, 5.41) is 14.0. The molecule has 0 spiro atoms. The molecular weight excluding hydrogens is 358 g/mol. The maximum Gasteiger partial charge on any atom is 0.272 e. The summed E-state index contributed by atoms with van der Waals surface area (Å²) < 4.78 is 5.65. The third-order valence-electron chi connectivity index (χ3n) is 5.51. The zero-order valence-electron chi connectivity index (χ0n) is 15.9. The zero-order chi connectivity index (χ0) is 19.0. The van der Waals surface area contributed by atoms with E-state index in [1.807, 2.05) is 20.8 Å². The number of hydrogen-bond acceptors (Lipinski definition) is 5. The molecule has 26 heavy (non-hydrogen) atoms. The van der Waals surface area contributed by atoms with Gasteiger partial charge >= 0.3 is 0 Å². The Morgan fingerprint density at radius 2 is 2.12 bits per heavy atom. The lowest BCUT2D eigenvalue weighted by atomic mass is 9.54. The minimum Gasteiger partial charge on any atom is -0.378 e. The number of rotatable bonds is 6. The van der Waals surface area contributed by atoms with Gasteiger partial charge < -0.3 is 15.8 Å². The van der Waals surface area contributed by atoms with Crippen molar-refractivity contribution < 1.29 is 14.5 Å². The number of carbonyl (C=O) groups is 1. The van der Waals surface area contributed by atoms with Crippen molar-refractivity contribution in [1.29, 1.82) is 0 Å². The largest absolute Gasteiger partial charge is 0.378 e. The second-order valence-electron chi connectivity index (χ2n) is 7.34. The molecule has 146 valence electrons. The van der Waals surface area contributed by atoms with Crippen molar-refractivity contribution in [3.63, 3.8) is 0 Å². The van der Waals surface area contributed by atoms with E-state index in [-0.39, 0.29) is 36.1 Å². The van der Waals surface area contributed by atoms with Crippen LogP contribution in [0.25, 0.3) is 0 Å². The van der Waals surface area contributed by atoms with E-state index < -0.39 is 15.9 Å². The lowest BCUT2D eigenvalue weighted by Crippen LogP contribution is -2.75. The topological polar surface area (TPSA) is 107 Å². The fraction of sp³-hybridized carbons (Fsp3) is 0.611. The van der Waals surface area contributed by atoms with Crippen molar-refractivity contribution in [3.05, 3.63) is 39.4 Å². The predicted molar refractivity (Wildman–Crippen MR) is 102 cm³/mol. The van der Waals surface area contributed by atoms with Gasteiger partial charge in [-0.25, -0.2) is 0 Å². The molecule has 3 N–H and O–H groups in total. The first-order valence-electron chi connectivity index (χ1n) is 8.51. The van der Waals surface area contributed by atoms with Crippen LogP contribution in [0.15, 0.2) is 18.2 Å². The van der Waals surface area contributed by atoms with Crippen molar-refractivity contribution >= 4 is 24.0 Å². The number of hydrogen-bond donors (Lipinski definition) is 2. The summed E-state index contributed by atoms with van der Waals surface area (Å²) in [6, 6.07) is 4.59. The van der Waals surface area contributed by atoms with Gasteiger partial charge in [-0.05, 0) is 26.3 Å².